The van der Waals surface area contributed by atoms with Crippen LogP contribution in [-0.4, -0.2) is 11.5 Å². The Morgan fingerprint density at radius 2 is 2.00 bits per heavy atom. The molecule has 1 rings (SSSR count). The summed E-state index contributed by atoms with van der Waals surface area (Å²) in [5.41, 5.74) is 6.09. The predicted octanol–water partition coefficient (Wildman–Crippen LogP) is 1.97. The number of halogens is 2. The summed E-state index contributed by atoms with van der Waals surface area (Å²) in [6.45, 7) is 1.69. The van der Waals surface area contributed by atoms with E-state index in [0.29, 0.717) is 5.56 Å². The average molecular weight is 187 g/mol. The number of hydrogen-bond donors (Lipinski definition) is 2. The molecule has 1 unspecified atom stereocenters. The zero-order valence-corrected chi connectivity index (χ0v) is 7.17. The molecule has 0 aromatic heterocycles. The maximum absolute atomic E-state index is 12.1. The topological polar surface area (TPSA) is 46.2 Å². The van der Waals surface area contributed by atoms with Crippen molar-refractivity contribution in [3.63, 3.8) is 0 Å². The summed E-state index contributed by atoms with van der Waals surface area (Å²) in [6, 6.07) is 3.00. The summed E-state index contributed by atoms with van der Waals surface area (Å²) < 4.78 is 24.3. The molecule has 1 atom stereocenters. The molecular weight excluding hydrogens is 176 g/mol. The molecule has 72 valence electrons. The van der Waals surface area contributed by atoms with E-state index in [1.807, 2.05) is 0 Å². The Kier molecular flexibility index (Phi) is 2.83. The number of hydrogen-bond acceptors (Lipinski definition) is 2. The molecule has 0 amide bonds. The normalized spacial score (nSPS) is 13.3. The summed E-state index contributed by atoms with van der Waals surface area (Å²) in [4.78, 5) is 0. The van der Waals surface area contributed by atoms with E-state index in [-0.39, 0.29) is 11.3 Å². The smallest absolute Gasteiger partial charge is 0.257 e. The van der Waals surface area contributed by atoms with Crippen molar-refractivity contribution < 1.29 is 13.9 Å². The highest BCUT2D eigenvalue weighted by molar-refractivity contribution is 5.36. The number of alkyl halides is 2. The number of phenolic OH excluding ortho intramolecular Hbond substituents is 1. The fourth-order valence-corrected chi connectivity index (χ4v) is 0.979. The van der Waals surface area contributed by atoms with E-state index in [1.165, 1.54) is 12.1 Å². The number of aromatic hydroxyl groups is 1. The Labute approximate surface area is 75.0 Å². The van der Waals surface area contributed by atoms with Crippen LogP contribution in [0, 0.1) is 6.92 Å². The summed E-state index contributed by atoms with van der Waals surface area (Å²) in [6.07, 6.45) is -2.61. The highest BCUT2D eigenvalue weighted by atomic mass is 19.3. The molecule has 0 saturated heterocycles. The molecule has 1 aromatic carbocycles. The molecule has 0 radical (unpaired) electrons. The summed E-state index contributed by atoms with van der Waals surface area (Å²) in [5.74, 6) is -0.00593. The van der Waals surface area contributed by atoms with Gasteiger partial charge in [-0.15, -0.1) is 0 Å². The first-order valence-corrected chi connectivity index (χ1v) is 3.85. The van der Waals surface area contributed by atoms with Crippen LogP contribution in [0.4, 0.5) is 8.78 Å². The molecule has 3 N–H and O–H groups in total. The molecule has 1 aromatic rings. The van der Waals surface area contributed by atoms with Crippen molar-refractivity contribution in [1.29, 1.82) is 0 Å². The standard InChI is InChI=1S/C9H11F2NO/c1-5-2-3-6(4-7(5)13)8(12)9(10)11/h2-4,8-9,13H,12H2,1H3. The Bertz CT molecular complexity index is 302. The second kappa shape index (κ2) is 3.70. The van der Waals surface area contributed by atoms with Crippen LogP contribution in [0.25, 0.3) is 0 Å². The lowest BCUT2D eigenvalue weighted by atomic mass is 10.1. The molecule has 0 aliphatic carbocycles. The Morgan fingerprint density at radius 1 is 1.38 bits per heavy atom. The monoisotopic (exact) mass is 187 g/mol. The number of rotatable bonds is 2. The van der Waals surface area contributed by atoms with E-state index in [4.69, 9.17) is 5.73 Å². The number of phenols is 1. The van der Waals surface area contributed by atoms with E-state index >= 15 is 0 Å². The molecule has 0 bridgehead atoms. The molecule has 0 aliphatic rings. The number of aryl methyl sites for hydroxylation is 1. The number of nitrogens with two attached hydrogens (primary N) is 1. The van der Waals surface area contributed by atoms with E-state index in [0.717, 1.165) is 0 Å². The first kappa shape index (κ1) is 9.92. The summed E-state index contributed by atoms with van der Waals surface area (Å²) in [5, 5.41) is 9.23. The van der Waals surface area contributed by atoms with Gasteiger partial charge in [0.25, 0.3) is 6.43 Å². The molecule has 0 saturated carbocycles. The van der Waals surface area contributed by atoms with Crippen LogP contribution in [0.15, 0.2) is 18.2 Å². The largest absolute Gasteiger partial charge is 0.508 e. The van der Waals surface area contributed by atoms with Gasteiger partial charge in [-0.2, -0.15) is 0 Å². The minimum Gasteiger partial charge on any atom is -0.508 e. The van der Waals surface area contributed by atoms with Gasteiger partial charge in [0.05, 0.1) is 6.04 Å². The van der Waals surface area contributed by atoms with Crippen molar-refractivity contribution in [2.24, 2.45) is 5.73 Å². The molecular formula is C9H11F2NO. The van der Waals surface area contributed by atoms with Crippen LogP contribution >= 0.6 is 0 Å². The van der Waals surface area contributed by atoms with Gasteiger partial charge in [-0.05, 0) is 24.1 Å². The quantitative estimate of drug-likeness (QED) is 0.743. The van der Waals surface area contributed by atoms with E-state index in [9.17, 15) is 13.9 Å². The van der Waals surface area contributed by atoms with Gasteiger partial charge in [-0.25, -0.2) is 8.78 Å². The van der Waals surface area contributed by atoms with Crippen molar-refractivity contribution in [3.05, 3.63) is 29.3 Å². The van der Waals surface area contributed by atoms with Crippen LogP contribution in [-0.2, 0) is 0 Å². The lowest BCUT2D eigenvalue weighted by molar-refractivity contribution is 0.116. The van der Waals surface area contributed by atoms with Crippen LogP contribution in [0.5, 0.6) is 5.75 Å². The van der Waals surface area contributed by atoms with Gasteiger partial charge in [-0.1, -0.05) is 12.1 Å². The minimum absolute atomic E-state index is 0.00593. The first-order valence-electron chi connectivity index (χ1n) is 3.85. The summed E-state index contributed by atoms with van der Waals surface area (Å²) in [7, 11) is 0. The second-order valence-electron chi connectivity index (χ2n) is 2.91. The highest BCUT2D eigenvalue weighted by Crippen LogP contribution is 2.24. The van der Waals surface area contributed by atoms with Crippen LogP contribution < -0.4 is 5.73 Å². The lowest BCUT2D eigenvalue weighted by Gasteiger charge is -2.11. The Hall–Kier alpha value is -1.16. The Balaban J connectivity index is 2.97. The van der Waals surface area contributed by atoms with Gasteiger partial charge in [0.1, 0.15) is 5.75 Å². The number of benzene rings is 1. The molecule has 0 aliphatic heterocycles. The van der Waals surface area contributed by atoms with Gasteiger partial charge in [0.15, 0.2) is 0 Å². The average Bonchev–Trinajstić information content (AvgIpc) is 2.08. The fourth-order valence-electron chi connectivity index (χ4n) is 0.979. The van der Waals surface area contributed by atoms with Crippen molar-refractivity contribution >= 4 is 0 Å². The van der Waals surface area contributed by atoms with Crippen molar-refractivity contribution in [2.75, 3.05) is 0 Å². The van der Waals surface area contributed by atoms with Crippen molar-refractivity contribution in [1.82, 2.24) is 0 Å². The molecule has 0 fully saturated rings. The van der Waals surface area contributed by atoms with E-state index in [2.05, 4.69) is 0 Å². The summed E-state index contributed by atoms with van der Waals surface area (Å²) >= 11 is 0. The SMILES string of the molecule is Cc1ccc(C(N)C(F)F)cc1O. The zero-order chi connectivity index (χ0) is 10.0. The second-order valence-corrected chi connectivity index (χ2v) is 2.91. The van der Waals surface area contributed by atoms with Gasteiger partial charge < -0.3 is 10.8 Å². The third kappa shape index (κ3) is 2.15. The van der Waals surface area contributed by atoms with Gasteiger partial charge in [0.2, 0.25) is 0 Å². The third-order valence-electron chi connectivity index (χ3n) is 1.89. The maximum Gasteiger partial charge on any atom is 0.257 e. The third-order valence-corrected chi connectivity index (χ3v) is 1.89. The molecule has 13 heavy (non-hydrogen) atoms. The lowest BCUT2D eigenvalue weighted by Crippen LogP contribution is -2.18. The highest BCUT2D eigenvalue weighted by Gasteiger charge is 2.17. The zero-order valence-electron chi connectivity index (χ0n) is 7.17. The van der Waals surface area contributed by atoms with Gasteiger partial charge in [-0.3, -0.25) is 0 Å². The molecule has 2 nitrogen and oxygen atoms in total. The molecule has 4 heteroatoms. The first-order chi connectivity index (χ1) is 6.02. The van der Waals surface area contributed by atoms with Crippen molar-refractivity contribution in [3.8, 4) is 5.75 Å². The van der Waals surface area contributed by atoms with E-state index < -0.39 is 12.5 Å². The van der Waals surface area contributed by atoms with Crippen LogP contribution in [0.2, 0.25) is 0 Å². The maximum atomic E-state index is 12.1. The van der Waals surface area contributed by atoms with Gasteiger partial charge >= 0.3 is 0 Å². The predicted molar refractivity (Wildman–Crippen MR) is 45.8 cm³/mol. The van der Waals surface area contributed by atoms with Crippen LogP contribution in [0.1, 0.15) is 17.2 Å². The van der Waals surface area contributed by atoms with Gasteiger partial charge in [0, 0.05) is 0 Å². The van der Waals surface area contributed by atoms with E-state index in [1.54, 1.807) is 13.0 Å². The minimum atomic E-state index is -2.61. The van der Waals surface area contributed by atoms with Crippen LogP contribution in [0.3, 0.4) is 0 Å². The molecule has 0 heterocycles. The van der Waals surface area contributed by atoms with Crippen molar-refractivity contribution in [2.45, 2.75) is 19.4 Å². The fraction of sp³-hybridized carbons (Fsp3) is 0.333. The Morgan fingerprint density at radius 3 is 2.46 bits per heavy atom. The molecule has 0 spiro atoms.